The minimum Gasteiger partial charge on any atom is -0.493 e. The molecule has 1 aliphatic heterocycles. The number of carbonyl (C=O) groups excluding carboxylic acids is 2. The fourth-order valence-corrected chi connectivity index (χ4v) is 3.33. The third-order valence-corrected chi connectivity index (χ3v) is 5.00. The van der Waals surface area contributed by atoms with Gasteiger partial charge in [-0.1, -0.05) is 44.5 Å². The highest BCUT2D eigenvalue weighted by Crippen LogP contribution is 2.33. The van der Waals surface area contributed by atoms with Gasteiger partial charge in [0.05, 0.1) is 19.2 Å². The molecule has 28 heavy (non-hydrogen) atoms. The van der Waals surface area contributed by atoms with Gasteiger partial charge in [0.15, 0.2) is 0 Å². The Morgan fingerprint density at radius 3 is 2.54 bits per heavy atom. The number of benzene rings is 2. The molecule has 1 atom stereocenters. The minimum absolute atomic E-state index is 0.0256. The summed E-state index contributed by atoms with van der Waals surface area (Å²) in [5.74, 6) is 0.201. The van der Waals surface area contributed by atoms with Crippen molar-refractivity contribution >= 4 is 23.4 Å². The van der Waals surface area contributed by atoms with Gasteiger partial charge in [-0.25, -0.2) is 0 Å². The molecule has 0 fully saturated rings. The normalized spacial score (nSPS) is 15.9. The Morgan fingerprint density at radius 2 is 1.86 bits per heavy atom. The number of carbonyl (C=O) groups is 2. The largest absolute Gasteiger partial charge is 0.493 e. The van der Waals surface area contributed by atoms with Gasteiger partial charge in [0.1, 0.15) is 5.75 Å². The monoisotopic (exact) mass is 400 g/mol. The molecule has 0 spiro atoms. The van der Waals surface area contributed by atoms with Crippen molar-refractivity contribution in [3.05, 3.63) is 64.2 Å². The Kier molecular flexibility index (Phi) is 5.94. The average Bonchev–Trinajstić information content (AvgIpc) is 2.66. The van der Waals surface area contributed by atoms with Gasteiger partial charge in [-0.3, -0.25) is 9.59 Å². The van der Waals surface area contributed by atoms with Crippen LogP contribution in [0.3, 0.4) is 0 Å². The van der Waals surface area contributed by atoms with E-state index in [4.69, 9.17) is 16.3 Å². The fourth-order valence-electron chi connectivity index (χ4n) is 3.14. The van der Waals surface area contributed by atoms with E-state index in [9.17, 15) is 9.59 Å². The third-order valence-electron chi connectivity index (χ3n) is 4.77. The van der Waals surface area contributed by atoms with Crippen molar-refractivity contribution in [3.63, 3.8) is 0 Å². The molecule has 0 saturated carbocycles. The summed E-state index contributed by atoms with van der Waals surface area (Å²) < 4.78 is 5.60. The lowest BCUT2D eigenvalue weighted by Gasteiger charge is -2.27. The third kappa shape index (κ3) is 4.84. The van der Waals surface area contributed by atoms with Crippen LogP contribution in [0.4, 0.5) is 0 Å². The summed E-state index contributed by atoms with van der Waals surface area (Å²) in [5.41, 5.74) is 2.57. The van der Waals surface area contributed by atoms with E-state index in [-0.39, 0.29) is 29.8 Å². The lowest BCUT2D eigenvalue weighted by molar-refractivity contribution is -0.121. The summed E-state index contributed by atoms with van der Waals surface area (Å²) in [6.45, 7) is 6.79. The Bertz CT molecular complexity index is 872. The molecule has 6 heteroatoms. The SMILES string of the molecule is CC(C)(C)c1ccc(C(=O)NCC(=O)NC2CCOc3ccc(Cl)cc32)cc1. The molecule has 2 N–H and O–H groups in total. The molecule has 1 aliphatic rings. The number of ether oxygens (including phenoxy) is 1. The number of nitrogens with one attached hydrogen (secondary N) is 2. The molecule has 2 aromatic carbocycles. The zero-order chi connectivity index (χ0) is 20.3. The maximum atomic E-state index is 12.3. The van der Waals surface area contributed by atoms with Crippen LogP contribution in [0.5, 0.6) is 5.75 Å². The quantitative estimate of drug-likeness (QED) is 0.814. The highest BCUT2D eigenvalue weighted by Gasteiger charge is 2.23. The van der Waals surface area contributed by atoms with E-state index in [0.717, 1.165) is 16.9 Å². The highest BCUT2D eigenvalue weighted by atomic mass is 35.5. The molecular formula is C22H25ClN2O3. The number of halogens is 1. The van der Waals surface area contributed by atoms with Crippen LogP contribution in [-0.2, 0) is 10.2 Å². The van der Waals surface area contributed by atoms with E-state index in [1.54, 1.807) is 30.3 Å². The van der Waals surface area contributed by atoms with Crippen molar-refractivity contribution in [2.24, 2.45) is 0 Å². The first-order valence-electron chi connectivity index (χ1n) is 9.34. The molecule has 0 bridgehead atoms. The van der Waals surface area contributed by atoms with E-state index >= 15 is 0 Å². The van der Waals surface area contributed by atoms with Gasteiger partial charge in [0.25, 0.3) is 5.91 Å². The Hall–Kier alpha value is -2.53. The average molecular weight is 401 g/mol. The molecule has 5 nitrogen and oxygen atoms in total. The van der Waals surface area contributed by atoms with Crippen molar-refractivity contribution in [1.82, 2.24) is 10.6 Å². The van der Waals surface area contributed by atoms with Gasteiger partial charge in [0, 0.05) is 22.6 Å². The van der Waals surface area contributed by atoms with Crippen LogP contribution in [0.25, 0.3) is 0 Å². The smallest absolute Gasteiger partial charge is 0.251 e. The van der Waals surface area contributed by atoms with Crippen LogP contribution < -0.4 is 15.4 Å². The standard InChI is InChI=1S/C22H25ClN2O3/c1-22(2,3)15-6-4-14(5-7-15)21(27)24-13-20(26)25-18-10-11-28-19-9-8-16(23)12-17(18)19/h4-9,12,18H,10-11,13H2,1-3H3,(H,24,27)(H,25,26). The zero-order valence-corrected chi connectivity index (χ0v) is 17.1. The Morgan fingerprint density at radius 1 is 1.14 bits per heavy atom. The van der Waals surface area contributed by atoms with Crippen molar-refractivity contribution in [2.75, 3.05) is 13.2 Å². The molecule has 2 aromatic rings. The molecular weight excluding hydrogens is 376 g/mol. The number of fused-ring (bicyclic) bond motifs is 1. The molecule has 0 saturated heterocycles. The lowest BCUT2D eigenvalue weighted by atomic mass is 9.87. The van der Waals surface area contributed by atoms with Crippen LogP contribution in [0.2, 0.25) is 5.02 Å². The van der Waals surface area contributed by atoms with Crippen molar-refractivity contribution in [2.45, 2.75) is 38.6 Å². The van der Waals surface area contributed by atoms with Gasteiger partial charge in [-0.15, -0.1) is 0 Å². The van der Waals surface area contributed by atoms with Crippen molar-refractivity contribution in [1.29, 1.82) is 0 Å². The number of hydrogen-bond donors (Lipinski definition) is 2. The number of hydrogen-bond acceptors (Lipinski definition) is 3. The van der Waals surface area contributed by atoms with Crippen LogP contribution >= 0.6 is 11.6 Å². The second-order valence-electron chi connectivity index (χ2n) is 7.95. The maximum absolute atomic E-state index is 12.3. The maximum Gasteiger partial charge on any atom is 0.251 e. The summed E-state index contributed by atoms with van der Waals surface area (Å²) in [6.07, 6.45) is 0.654. The van der Waals surface area contributed by atoms with Gasteiger partial charge < -0.3 is 15.4 Å². The first kappa shape index (κ1) is 20.2. The van der Waals surface area contributed by atoms with Crippen molar-refractivity contribution in [3.8, 4) is 5.75 Å². The summed E-state index contributed by atoms with van der Waals surface area (Å²) in [7, 11) is 0. The topological polar surface area (TPSA) is 67.4 Å². The van der Waals surface area contributed by atoms with Gasteiger partial charge in [-0.2, -0.15) is 0 Å². The first-order chi connectivity index (χ1) is 13.2. The summed E-state index contributed by atoms with van der Waals surface area (Å²) in [4.78, 5) is 24.6. The molecule has 0 aliphatic carbocycles. The second-order valence-corrected chi connectivity index (χ2v) is 8.39. The van der Waals surface area contributed by atoms with Gasteiger partial charge in [0.2, 0.25) is 5.91 Å². The molecule has 0 aromatic heterocycles. The molecule has 3 rings (SSSR count). The number of rotatable bonds is 4. The summed E-state index contributed by atoms with van der Waals surface area (Å²) >= 11 is 6.06. The van der Waals surface area contributed by atoms with Crippen LogP contribution in [0.1, 0.15) is 54.7 Å². The zero-order valence-electron chi connectivity index (χ0n) is 16.3. The molecule has 1 heterocycles. The predicted molar refractivity (Wildman–Crippen MR) is 110 cm³/mol. The van der Waals surface area contributed by atoms with Gasteiger partial charge >= 0.3 is 0 Å². The van der Waals surface area contributed by atoms with E-state index in [1.807, 2.05) is 12.1 Å². The van der Waals surface area contributed by atoms with Crippen LogP contribution in [0, 0.1) is 0 Å². The van der Waals surface area contributed by atoms with Gasteiger partial charge in [-0.05, 0) is 41.3 Å². The van der Waals surface area contributed by atoms with Crippen LogP contribution in [0.15, 0.2) is 42.5 Å². The number of amides is 2. The van der Waals surface area contributed by atoms with E-state index in [2.05, 4.69) is 31.4 Å². The second kappa shape index (κ2) is 8.23. The summed E-state index contributed by atoms with van der Waals surface area (Å²) in [6, 6.07) is 12.6. The lowest BCUT2D eigenvalue weighted by Crippen LogP contribution is -2.40. The Balaban J connectivity index is 1.56. The highest BCUT2D eigenvalue weighted by molar-refractivity contribution is 6.30. The Labute approximate surface area is 170 Å². The minimum atomic E-state index is -0.272. The molecule has 1 unspecified atom stereocenters. The molecule has 0 radical (unpaired) electrons. The van der Waals surface area contributed by atoms with E-state index in [1.165, 1.54) is 0 Å². The predicted octanol–water partition coefficient (Wildman–Crippen LogP) is 4.01. The fraction of sp³-hybridized carbons (Fsp3) is 0.364. The molecule has 148 valence electrons. The summed E-state index contributed by atoms with van der Waals surface area (Å²) in [5, 5.41) is 6.21. The van der Waals surface area contributed by atoms with E-state index in [0.29, 0.717) is 23.6 Å². The van der Waals surface area contributed by atoms with Crippen molar-refractivity contribution < 1.29 is 14.3 Å². The van der Waals surface area contributed by atoms with E-state index < -0.39 is 0 Å². The molecule has 2 amide bonds. The first-order valence-corrected chi connectivity index (χ1v) is 9.72. The van der Waals surface area contributed by atoms with Crippen LogP contribution in [-0.4, -0.2) is 25.0 Å².